The van der Waals surface area contributed by atoms with Gasteiger partial charge in [-0.15, -0.1) is 0 Å². The number of unbranched alkanes of at least 4 members (excludes halogenated alkanes) is 2. The molecule has 1 atom stereocenters. The lowest BCUT2D eigenvalue weighted by Gasteiger charge is -2.08. The molecular formula is C12H21NO5. The molecule has 2 N–H and O–H groups in total. The van der Waals surface area contributed by atoms with Crippen LogP contribution in [0.5, 0.6) is 0 Å². The lowest BCUT2D eigenvalue weighted by Crippen LogP contribution is -2.32. The normalized spacial score (nSPS) is 11.7. The first-order valence-corrected chi connectivity index (χ1v) is 6.08. The van der Waals surface area contributed by atoms with E-state index >= 15 is 0 Å². The smallest absolute Gasteiger partial charge is 0.322 e. The van der Waals surface area contributed by atoms with Crippen LogP contribution in [0.1, 0.15) is 45.4 Å². The zero-order valence-electron chi connectivity index (χ0n) is 10.9. The lowest BCUT2D eigenvalue weighted by atomic mass is 10.2. The molecule has 0 aromatic heterocycles. The molecule has 0 bridgehead atoms. The van der Waals surface area contributed by atoms with E-state index in [1.54, 1.807) is 0 Å². The van der Waals surface area contributed by atoms with Crippen molar-refractivity contribution in [1.29, 1.82) is 0 Å². The van der Waals surface area contributed by atoms with Crippen LogP contribution >= 0.6 is 0 Å². The fraction of sp³-hybridized carbons (Fsp3) is 0.750. The zero-order chi connectivity index (χ0) is 14.0. The van der Waals surface area contributed by atoms with Crippen LogP contribution in [0.2, 0.25) is 0 Å². The summed E-state index contributed by atoms with van der Waals surface area (Å²) in [5.74, 6) is -1.77. The maximum absolute atomic E-state index is 11.3. The van der Waals surface area contributed by atoms with Crippen LogP contribution in [0.3, 0.4) is 0 Å². The third kappa shape index (κ3) is 7.78. The fourth-order valence-corrected chi connectivity index (χ4v) is 1.29. The lowest BCUT2D eigenvalue weighted by molar-refractivity contribution is -0.159. The molecule has 0 saturated carbocycles. The van der Waals surface area contributed by atoms with E-state index in [-0.39, 0.29) is 19.3 Å². The molecule has 18 heavy (non-hydrogen) atoms. The molecule has 104 valence electrons. The first-order chi connectivity index (χ1) is 8.51. The molecule has 0 heterocycles. The molecule has 0 fully saturated rings. The van der Waals surface area contributed by atoms with Crippen LogP contribution in [-0.2, 0) is 23.9 Å². The van der Waals surface area contributed by atoms with Crippen LogP contribution in [0, 0.1) is 0 Å². The molecule has 0 aliphatic carbocycles. The summed E-state index contributed by atoms with van der Waals surface area (Å²) >= 11 is 0. The van der Waals surface area contributed by atoms with E-state index in [4.69, 9.17) is 5.73 Å². The van der Waals surface area contributed by atoms with Crippen molar-refractivity contribution in [2.45, 2.75) is 51.5 Å². The largest absolute Gasteiger partial charge is 0.468 e. The molecule has 0 aromatic rings. The molecule has 0 aliphatic rings. The average molecular weight is 259 g/mol. The van der Waals surface area contributed by atoms with Crippen molar-refractivity contribution in [2.75, 3.05) is 7.11 Å². The van der Waals surface area contributed by atoms with E-state index in [0.29, 0.717) is 6.42 Å². The Kier molecular flexibility index (Phi) is 8.82. The fourth-order valence-electron chi connectivity index (χ4n) is 1.29. The van der Waals surface area contributed by atoms with Gasteiger partial charge in [0.2, 0.25) is 0 Å². The quantitative estimate of drug-likeness (QED) is 0.395. The average Bonchev–Trinajstić information content (AvgIpc) is 2.35. The molecule has 0 radical (unpaired) electrons. The SMILES string of the molecule is CCCCCC(=O)OC(=O)CC[C@H](N)C(=O)OC. The van der Waals surface area contributed by atoms with Gasteiger partial charge in [-0.05, 0) is 12.8 Å². The summed E-state index contributed by atoms with van der Waals surface area (Å²) in [4.78, 5) is 33.4. The van der Waals surface area contributed by atoms with E-state index in [0.717, 1.165) is 12.8 Å². The molecule has 0 rings (SSSR count). The van der Waals surface area contributed by atoms with Gasteiger partial charge in [-0.25, -0.2) is 0 Å². The first-order valence-electron chi connectivity index (χ1n) is 6.08. The zero-order valence-corrected chi connectivity index (χ0v) is 10.9. The van der Waals surface area contributed by atoms with Crippen molar-refractivity contribution in [3.05, 3.63) is 0 Å². The predicted molar refractivity (Wildman–Crippen MR) is 64.5 cm³/mol. The van der Waals surface area contributed by atoms with Gasteiger partial charge in [-0.2, -0.15) is 0 Å². The van der Waals surface area contributed by atoms with Gasteiger partial charge >= 0.3 is 17.9 Å². The van der Waals surface area contributed by atoms with Gasteiger partial charge in [0.25, 0.3) is 0 Å². The molecule has 0 aromatic carbocycles. The van der Waals surface area contributed by atoms with Gasteiger partial charge in [-0.1, -0.05) is 19.8 Å². The van der Waals surface area contributed by atoms with E-state index in [2.05, 4.69) is 9.47 Å². The molecule has 6 nitrogen and oxygen atoms in total. The second-order valence-corrected chi connectivity index (χ2v) is 3.97. The summed E-state index contributed by atoms with van der Waals surface area (Å²) in [6.07, 6.45) is 2.90. The number of nitrogens with two attached hydrogens (primary N) is 1. The van der Waals surface area contributed by atoms with Crippen molar-refractivity contribution in [3.63, 3.8) is 0 Å². The van der Waals surface area contributed by atoms with Crippen LogP contribution in [0.4, 0.5) is 0 Å². The van der Waals surface area contributed by atoms with E-state index in [9.17, 15) is 14.4 Å². The highest BCUT2D eigenvalue weighted by Crippen LogP contribution is 2.03. The summed E-state index contributed by atoms with van der Waals surface area (Å²) in [5.41, 5.74) is 5.44. The molecule has 6 heteroatoms. The number of carbonyl (C=O) groups is 3. The van der Waals surface area contributed by atoms with Crippen molar-refractivity contribution >= 4 is 17.9 Å². The monoisotopic (exact) mass is 259 g/mol. The molecule has 0 aliphatic heterocycles. The number of hydrogen-bond acceptors (Lipinski definition) is 6. The van der Waals surface area contributed by atoms with Crippen molar-refractivity contribution in [2.24, 2.45) is 5.73 Å². The second-order valence-electron chi connectivity index (χ2n) is 3.97. The molecule has 0 amide bonds. The van der Waals surface area contributed by atoms with Crippen molar-refractivity contribution in [1.82, 2.24) is 0 Å². The van der Waals surface area contributed by atoms with Crippen LogP contribution in [0.25, 0.3) is 0 Å². The molecule has 0 unspecified atom stereocenters. The molecular weight excluding hydrogens is 238 g/mol. The van der Waals surface area contributed by atoms with Crippen molar-refractivity contribution < 1.29 is 23.9 Å². The van der Waals surface area contributed by atoms with Gasteiger partial charge in [0.15, 0.2) is 0 Å². The summed E-state index contributed by atoms with van der Waals surface area (Å²) < 4.78 is 8.98. The number of esters is 3. The summed E-state index contributed by atoms with van der Waals surface area (Å²) in [6, 6.07) is -0.863. The number of carbonyl (C=O) groups excluding carboxylic acids is 3. The minimum atomic E-state index is -0.863. The summed E-state index contributed by atoms with van der Waals surface area (Å²) in [5, 5.41) is 0. The minimum Gasteiger partial charge on any atom is -0.468 e. The van der Waals surface area contributed by atoms with Gasteiger partial charge in [-0.3, -0.25) is 14.4 Å². The number of methoxy groups -OCH3 is 1. The van der Waals surface area contributed by atoms with Crippen molar-refractivity contribution in [3.8, 4) is 0 Å². The standard InChI is InChI=1S/C12H21NO5/c1-3-4-5-6-10(14)18-11(15)8-7-9(13)12(16)17-2/h9H,3-8,13H2,1-2H3/t9-/m0/s1. The van der Waals surface area contributed by atoms with Gasteiger partial charge in [0, 0.05) is 12.8 Å². The summed E-state index contributed by atoms with van der Waals surface area (Å²) in [6.45, 7) is 2.02. The van der Waals surface area contributed by atoms with Gasteiger partial charge in [0.1, 0.15) is 6.04 Å². The molecule has 0 spiro atoms. The third-order valence-electron chi connectivity index (χ3n) is 2.38. The Labute approximate surface area is 107 Å². The number of ether oxygens (including phenoxy) is 2. The Hall–Kier alpha value is -1.43. The van der Waals surface area contributed by atoms with E-state index < -0.39 is 23.9 Å². The predicted octanol–water partition coefficient (Wildman–Crippen LogP) is 0.917. The Morgan fingerprint density at radius 2 is 1.72 bits per heavy atom. The maximum atomic E-state index is 11.3. The van der Waals surface area contributed by atoms with Gasteiger partial charge in [0.05, 0.1) is 7.11 Å². The van der Waals surface area contributed by atoms with Crippen LogP contribution in [0.15, 0.2) is 0 Å². The maximum Gasteiger partial charge on any atom is 0.322 e. The second kappa shape index (κ2) is 9.58. The topological polar surface area (TPSA) is 95.7 Å². The van der Waals surface area contributed by atoms with Crippen LogP contribution in [-0.4, -0.2) is 31.1 Å². The summed E-state index contributed by atoms with van der Waals surface area (Å²) in [7, 11) is 1.22. The Morgan fingerprint density at radius 1 is 1.11 bits per heavy atom. The Bertz CT molecular complexity index is 290. The highest BCUT2D eigenvalue weighted by Gasteiger charge is 2.17. The molecule has 0 saturated heterocycles. The van der Waals surface area contributed by atoms with Gasteiger partial charge < -0.3 is 15.2 Å². The van der Waals surface area contributed by atoms with Crippen LogP contribution < -0.4 is 5.73 Å². The third-order valence-corrected chi connectivity index (χ3v) is 2.38. The Morgan fingerprint density at radius 3 is 2.28 bits per heavy atom. The number of hydrogen-bond donors (Lipinski definition) is 1. The highest BCUT2D eigenvalue weighted by molar-refractivity contribution is 5.85. The number of rotatable bonds is 8. The van der Waals surface area contributed by atoms with E-state index in [1.807, 2.05) is 6.92 Å². The minimum absolute atomic E-state index is 0.0736. The first kappa shape index (κ1) is 16.6. The highest BCUT2D eigenvalue weighted by atomic mass is 16.6. The van der Waals surface area contributed by atoms with E-state index in [1.165, 1.54) is 7.11 Å². The Balaban J connectivity index is 3.77.